The monoisotopic (exact) mass is 285 g/mol. The van der Waals surface area contributed by atoms with Crippen molar-refractivity contribution in [3.05, 3.63) is 18.0 Å². The molecule has 0 radical (unpaired) electrons. The Labute approximate surface area is 112 Å². The molecule has 0 aliphatic heterocycles. The molecule has 16 heavy (non-hydrogen) atoms. The van der Waals surface area contributed by atoms with E-state index in [0.717, 1.165) is 23.7 Å². The maximum Gasteiger partial charge on any atom is 0.188 e. The molecule has 0 unspecified atom stereocenters. The average molecular weight is 286 g/mol. The Balaban J connectivity index is 0. The van der Waals surface area contributed by atoms with E-state index in [1.807, 2.05) is 12.3 Å². The van der Waals surface area contributed by atoms with E-state index in [0.29, 0.717) is 5.96 Å². The first-order valence-electron chi connectivity index (χ1n) is 4.39. The maximum atomic E-state index is 7.26. The number of hydrogen-bond donors (Lipinski definition) is 4. The van der Waals surface area contributed by atoms with Crippen LogP contribution in [0.25, 0.3) is 0 Å². The Morgan fingerprint density at radius 2 is 2.31 bits per heavy atom. The zero-order chi connectivity index (χ0) is 10.2. The van der Waals surface area contributed by atoms with Crippen LogP contribution in [0.3, 0.4) is 0 Å². The largest absolute Gasteiger partial charge is 0.360 e. The summed E-state index contributed by atoms with van der Waals surface area (Å²) in [4.78, 5) is 0. The van der Waals surface area contributed by atoms with Crippen LogP contribution in [0.5, 0.6) is 0 Å². The van der Waals surface area contributed by atoms with Crippen LogP contribution in [0.15, 0.2) is 12.3 Å². The molecule has 0 atom stereocenters. The van der Waals surface area contributed by atoms with Crippen molar-refractivity contribution >= 4 is 42.5 Å². The molecule has 0 saturated carbocycles. The van der Waals surface area contributed by atoms with E-state index < -0.39 is 0 Å². The van der Waals surface area contributed by atoms with E-state index in [2.05, 4.69) is 20.8 Å². The summed E-state index contributed by atoms with van der Waals surface area (Å²) in [7, 11) is 1.73. The number of rotatable bonds is 5. The van der Waals surface area contributed by atoms with E-state index in [4.69, 9.17) is 5.41 Å². The summed E-state index contributed by atoms with van der Waals surface area (Å²) in [6.45, 7) is 0.800. The summed E-state index contributed by atoms with van der Waals surface area (Å²) in [5, 5.41) is 19.7. The molecule has 0 aliphatic rings. The minimum absolute atomic E-state index is 0. The summed E-state index contributed by atoms with van der Waals surface area (Å²) in [5.41, 5.74) is 1.07. The molecule has 94 valence electrons. The first-order valence-corrected chi connectivity index (χ1v) is 5.55. The third-order valence-electron chi connectivity index (χ3n) is 1.61. The van der Waals surface area contributed by atoms with Crippen molar-refractivity contribution in [2.24, 2.45) is 0 Å². The first-order chi connectivity index (χ1) is 6.83. The van der Waals surface area contributed by atoms with Crippen LogP contribution >= 0.6 is 36.6 Å². The molecular weight excluding hydrogens is 269 g/mol. The number of nitrogens with zero attached hydrogens (tertiary/aromatic N) is 1. The number of nitrogens with one attached hydrogen (secondary N) is 4. The number of aromatic amines is 1. The molecule has 0 bridgehead atoms. The molecule has 5 nitrogen and oxygen atoms in total. The van der Waals surface area contributed by atoms with E-state index >= 15 is 0 Å². The molecule has 1 rings (SSSR count). The molecule has 0 amide bonds. The summed E-state index contributed by atoms with van der Waals surface area (Å²) >= 11 is 1.79. The van der Waals surface area contributed by atoms with Gasteiger partial charge in [-0.25, -0.2) is 0 Å². The predicted molar refractivity (Wildman–Crippen MR) is 74.0 cm³/mol. The fourth-order valence-corrected chi connectivity index (χ4v) is 1.65. The van der Waals surface area contributed by atoms with Crippen molar-refractivity contribution in [1.29, 1.82) is 5.41 Å². The third kappa shape index (κ3) is 7.67. The van der Waals surface area contributed by atoms with E-state index in [1.165, 1.54) is 0 Å². The second-order valence-electron chi connectivity index (χ2n) is 2.67. The maximum absolute atomic E-state index is 7.26. The van der Waals surface area contributed by atoms with Gasteiger partial charge in [-0.1, -0.05) is 0 Å². The van der Waals surface area contributed by atoms with E-state index in [-0.39, 0.29) is 24.8 Å². The van der Waals surface area contributed by atoms with Crippen LogP contribution in [0.4, 0.5) is 0 Å². The Morgan fingerprint density at radius 1 is 1.56 bits per heavy atom. The van der Waals surface area contributed by atoms with Gasteiger partial charge in [-0.15, -0.1) is 24.8 Å². The number of aromatic nitrogens is 2. The van der Waals surface area contributed by atoms with Gasteiger partial charge >= 0.3 is 0 Å². The first kappa shape index (κ1) is 17.8. The molecule has 0 fully saturated rings. The van der Waals surface area contributed by atoms with Crippen LogP contribution in [-0.2, 0) is 5.75 Å². The van der Waals surface area contributed by atoms with Crippen molar-refractivity contribution in [2.75, 3.05) is 19.3 Å². The molecule has 8 heteroatoms. The summed E-state index contributed by atoms with van der Waals surface area (Å²) in [6.07, 6.45) is 1.82. The summed E-state index contributed by atoms with van der Waals surface area (Å²) in [5.74, 6) is 2.25. The van der Waals surface area contributed by atoms with Gasteiger partial charge in [0.1, 0.15) is 0 Å². The van der Waals surface area contributed by atoms with Crippen molar-refractivity contribution in [3.8, 4) is 0 Å². The minimum atomic E-state index is 0. The van der Waals surface area contributed by atoms with Crippen LogP contribution in [-0.4, -0.2) is 35.5 Å². The van der Waals surface area contributed by atoms with Crippen LogP contribution < -0.4 is 10.6 Å². The van der Waals surface area contributed by atoms with Gasteiger partial charge in [0.2, 0.25) is 0 Å². The Kier molecular flexibility index (Phi) is 12.1. The van der Waals surface area contributed by atoms with Gasteiger partial charge in [0.25, 0.3) is 0 Å². The van der Waals surface area contributed by atoms with E-state index in [9.17, 15) is 0 Å². The molecule has 0 saturated heterocycles. The number of H-pyrrole nitrogens is 1. The number of hydrogen-bond acceptors (Lipinski definition) is 3. The highest BCUT2D eigenvalue weighted by Crippen LogP contribution is 2.07. The molecule has 1 aromatic rings. The van der Waals surface area contributed by atoms with Gasteiger partial charge in [0, 0.05) is 31.3 Å². The van der Waals surface area contributed by atoms with Gasteiger partial charge in [-0.2, -0.15) is 16.9 Å². The summed E-state index contributed by atoms with van der Waals surface area (Å²) < 4.78 is 0. The molecule has 0 aromatic carbocycles. The van der Waals surface area contributed by atoms with Gasteiger partial charge in [-0.3, -0.25) is 10.5 Å². The Hall–Kier alpha value is -0.590. The predicted octanol–water partition coefficient (Wildman–Crippen LogP) is 1.23. The average Bonchev–Trinajstić information content (AvgIpc) is 2.69. The number of thioether (sulfide) groups is 1. The SMILES string of the molecule is CNC(=N)NCCSCc1cc[nH]n1.Cl.Cl. The fourth-order valence-electron chi connectivity index (χ4n) is 0.885. The lowest BCUT2D eigenvalue weighted by molar-refractivity contribution is 0.906. The van der Waals surface area contributed by atoms with E-state index in [1.54, 1.807) is 18.8 Å². The topological polar surface area (TPSA) is 76.6 Å². The molecule has 1 aromatic heterocycles. The van der Waals surface area contributed by atoms with Gasteiger partial charge in [0.15, 0.2) is 5.96 Å². The zero-order valence-electron chi connectivity index (χ0n) is 8.95. The third-order valence-corrected chi connectivity index (χ3v) is 2.60. The lowest BCUT2D eigenvalue weighted by atomic mass is 10.5. The lowest BCUT2D eigenvalue weighted by Crippen LogP contribution is -2.34. The normalized spacial score (nSPS) is 8.56. The highest BCUT2D eigenvalue weighted by atomic mass is 35.5. The van der Waals surface area contributed by atoms with Gasteiger partial charge in [-0.05, 0) is 6.07 Å². The fraction of sp³-hybridized carbons (Fsp3) is 0.500. The number of guanidine groups is 1. The van der Waals surface area contributed by atoms with Crippen LogP contribution in [0, 0.1) is 5.41 Å². The van der Waals surface area contributed by atoms with Crippen molar-refractivity contribution in [3.63, 3.8) is 0 Å². The quantitative estimate of drug-likeness (QED) is 0.373. The zero-order valence-corrected chi connectivity index (χ0v) is 11.4. The molecule has 1 heterocycles. The van der Waals surface area contributed by atoms with Gasteiger partial charge in [0.05, 0.1) is 5.69 Å². The summed E-state index contributed by atoms with van der Waals surface area (Å²) in [6, 6.07) is 1.97. The molecule has 4 N–H and O–H groups in total. The van der Waals surface area contributed by atoms with Gasteiger partial charge < -0.3 is 10.6 Å². The Bertz CT molecular complexity index is 267. The molecule has 0 aliphatic carbocycles. The second-order valence-corrected chi connectivity index (χ2v) is 3.78. The number of halogens is 2. The minimum Gasteiger partial charge on any atom is -0.360 e. The van der Waals surface area contributed by atoms with Crippen molar-refractivity contribution in [2.45, 2.75) is 5.75 Å². The van der Waals surface area contributed by atoms with Crippen molar-refractivity contribution < 1.29 is 0 Å². The van der Waals surface area contributed by atoms with Crippen LogP contribution in [0.1, 0.15) is 5.69 Å². The molecular formula is C8H17Cl2N5S. The standard InChI is InChI=1S/C8H15N5S.2ClH/c1-10-8(9)11-4-5-14-6-7-2-3-12-13-7;;/h2-3H,4-6H2,1H3,(H,12,13)(H3,9,10,11);2*1H. The smallest absolute Gasteiger partial charge is 0.188 e. The Morgan fingerprint density at radius 3 is 2.88 bits per heavy atom. The lowest BCUT2D eigenvalue weighted by Gasteiger charge is -2.05. The molecule has 0 spiro atoms. The second kappa shape index (κ2) is 10.9. The highest BCUT2D eigenvalue weighted by molar-refractivity contribution is 7.98. The van der Waals surface area contributed by atoms with Crippen LogP contribution in [0.2, 0.25) is 0 Å². The highest BCUT2D eigenvalue weighted by Gasteiger charge is 1.95. The van der Waals surface area contributed by atoms with Crippen molar-refractivity contribution in [1.82, 2.24) is 20.8 Å².